The SMILES string of the molecule is O=C(CCN(CCc1ccccc1)C1Cc2ccccc2C1)NCCNCCc1ccc(O)c2[nH]c(=O)sc12. The number of amides is 1. The second kappa shape index (κ2) is 13.1. The van der Waals surface area contributed by atoms with Crippen LogP contribution in [0.15, 0.2) is 71.5 Å². The summed E-state index contributed by atoms with van der Waals surface area (Å²) in [4.78, 5) is 29.4. The molecule has 5 rings (SSSR count). The van der Waals surface area contributed by atoms with Gasteiger partial charge in [-0.05, 0) is 60.5 Å². The van der Waals surface area contributed by atoms with Gasteiger partial charge in [0.25, 0.3) is 0 Å². The number of nitrogens with zero attached hydrogens (tertiary/aromatic N) is 1. The van der Waals surface area contributed by atoms with Gasteiger partial charge in [-0.1, -0.05) is 72.0 Å². The van der Waals surface area contributed by atoms with Crippen molar-refractivity contribution in [3.63, 3.8) is 0 Å². The predicted molar refractivity (Wildman–Crippen MR) is 158 cm³/mol. The zero-order valence-electron chi connectivity index (χ0n) is 22.1. The van der Waals surface area contributed by atoms with Crippen molar-refractivity contribution >= 4 is 27.5 Å². The molecule has 0 aliphatic heterocycles. The van der Waals surface area contributed by atoms with Gasteiger partial charge >= 0.3 is 4.87 Å². The Balaban J connectivity index is 1.05. The lowest BCUT2D eigenvalue weighted by atomic mass is 10.1. The number of rotatable bonds is 13. The molecule has 7 nitrogen and oxygen atoms in total. The minimum absolute atomic E-state index is 0.0781. The summed E-state index contributed by atoms with van der Waals surface area (Å²) in [6.07, 6.45) is 4.29. The smallest absolute Gasteiger partial charge is 0.305 e. The van der Waals surface area contributed by atoms with E-state index >= 15 is 0 Å². The zero-order chi connectivity index (χ0) is 27.0. The van der Waals surface area contributed by atoms with E-state index in [-0.39, 0.29) is 16.5 Å². The van der Waals surface area contributed by atoms with Gasteiger partial charge in [0.2, 0.25) is 5.91 Å². The lowest BCUT2D eigenvalue weighted by molar-refractivity contribution is -0.121. The normalized spacial score (nSPS) is 13.3. The molecule has 204 valence electrons. The van der Waals surface area contributed by atoms with Gasteiger partial charge in [0.1, 0.15) is 11.3 Å². The number of carbonyl (C=O) groups excluding carboxylic acids is 1. The van der Waals surface area contributed by atoms with Gasteiger partial charge < -0.3 is 20.7 Å². The molecule has 1 heterocycles. The van der Waals surface area contributed by atoms with Gasteiger partial charge in [0, 0.05) is 38.6 Å². The molecule has 0 radical (unpaired) electrons. The molecule has 1 aliphatic carbocycles. The van der Waals surface area contributed by atoms with Crippen LogP contribution in [0, 0.1) is 0 Å². The van der Waals surface area contributed by atoms with E-state index in [0.717, 1.165) is 66.9 Å². The minimum Gasteiger partial charge on any atom is -0.506 e. The van der Waals surface area contributed by atoms with Gasteiger partial charge in [0.05, 0.1) is 4.70 Å². The van der Waals surface area contributed by atoms with E-state index in [1.54, 1.807) is 6.07 Å². The van der Waals surface area contributed by atoms with E-state index in [9.17, 15) is 14.7 Å². The highest BCUT2D eigenvalue weighted by Crippen LogP contribution is 2.28. The Morgan fingerprint density at radius 2 is 1.67 bits per heavy atom. The summed E-state index contributed by atoms with van der Waals surface area (Å²) in [6, 6.07) is 23.2. The summed E-state index contributed by atoms with van der Waals surface area (Å²) >= 11 is 1.12. The third kappa shape index (κ3) is 7.15. The van der Waals surface area contributed by atoms with Gasteiger partial charge in [-0.2, -0.15) is 0 Å². The maximum Gasteiger partial charge on any atom is 0.305 e. The average Bonchev–Trinajstić information content (AvgIpc) is 3.56. The summed E-state index contributed by atoms with van der Waals surface area (Å²) in [7, 11) is 0. The van der Waals surface area contributed by atoms with Crippen molar-refractivity contribution in [2.45, 2.75) is 38.1 Å². The highest BCUT2D eigenvalue weighted by atomic mass is 32.1. The van der Waals surface area contributed by atoms with Gasteiger partial charge in [-0.15, -0.1) is 0 Å². The molecule has 0 saturated heterocycles. The lowest BCUT2D eigenvalue weighted by Gasteiger charge is -2.29. The number of phenols is 1. The molecule has 0 bridgehead atoms. The molecule has 0 fully saturated rings. The number of aromatic nitrogens is 1. The van der Waals surface area contributed by atoms with Gasteiger partial charge in [-0.3, -0.25) is 14.5 Å². The van der Waals surface area contributed by atoms with Crippen LogP contribution in [-0.4, -0.2) is 59.7 Å². The van der Waals surface area contributed by atoms with Crippen molar-refractivity contribution in [2.75, 3.05) is 32.7 Å². The molecule has 4 aromatic rings. The van der Waals surface area contributed by atoms with Crippen LogP contribution in [0.4, 0.5) is 0 Å². The van der Waals surface area contributed by atoms with E-state index in [1.807, 2.05) is 12.1 Å². The maximum absolute atomic E-state index is 12.7. The third-order valence-electron chi connectivity index (χ3n) is 7.54. The number of aromatic hydroxyl groups is 1. The number of thiazole rings is 1. The highest BCUT2D eigenvalue weighted by Gasteiger charge is 2.26. The molecule has 1 aromatic heterocycles. The first-order chi connectivity index (χ1) is 19.1. The summed E-state index contributed by atoms with van der Waals surface area (Å²) in [5, 5.41) is 16.4. The van der Waals surface area contributed by atoms with Crippen molar-refractivity contribution in [3.8, 4) is 5.75 Å². The molecule has 39 heavy (non-hydrogen) atoms. The van der Waals surface area contributed by atoms with Gasteiger partial charge in [0.15, 0.2) is 0 Å². The van der Waals surface area contributed by atoms with Crippen molar-refractivity contribution in [3.05, 3.63) is 98.7 Å². The molecule has 3 aromatic carbocycles. The van der Waals surface area contributed by atoms with Crippen LogP contribution in [-0.2, 0) is 30.5 Å². The topological polar surface area (TPSA) is 97.5 Å². The Kier molecular flexibility index (Phi) is 9.08. The Bertz CT molecular complexity index is 1420. The van der Waals surface area contributed by atoms with Crippen LogP contribution in [0.2, 0.25) is 0 Å². The van der Waals surface area contributed by atoms with E-state index in [2.05, 4.69) is 69.0 Å². The second-order valence-corrected chi connectivity index (χ2v) is 11.1. The Morgan fingerprint density at radius 1 is 0.923 bits per heavy atom. The quantitative estimate of drug-likeness (QED) is 0.193. The molecule has 1 amide bonds. The zero-order valence-corrected chi connectivity index (χ0v) is 22.9. The molecule has 8 heteroatoms. The third-order valence-corrected chi connectivity index (χ3v) is 8.49. The Hall–Kier alpha value is -3.46. The number of aromatic amines is 1. The molecular weight excluding hydrogens is 508 g/mol. The average molecular weight is 545 g/mol. The van der Waals surface area contributed by atoms with E-state index in [1.165, 1.54) is 16.7 Å². The summed E-state index contributed by atoms with van der Waals surface area (Å²) in [6.45, 7) is 3.66. The van der Waals surface area contributed by atoms with Crippen molar-refractivity contribution in [1.29, 1.82) is 0 Å². The van der Waals surface area contributed by atoms with Crippen molar-refractivity contribution in [2.24, 2.45) is 0 Å². The van der Waals surface area contributed by atoms with Crippen molar-refractivity contribution in [1.82, 2.24) is 20.5 Å². The van der Waals surface area contributed by atoms with E-state index < -0.39 is 0 Å². The summed E-state index contributed by atoms with van der Waals surface area (Å²) in [5.74, 6) is 0.174. The number of hydrogen-bond acceptors (Lipinski definition) is 6. The number of benzene rings is 3. The van der Waals surface area contributed by atoms with Crippen LogP contribution in [0.25, 0.3) is 10.2 Å². The Labute approximate surface area is 232 Å². The first-order valence-corrected chi connectivity index (χ1v) is 14.5. The lowest BCUT2D eigenvalue weighted by Crippen LogP contribution is -2.41. The number of carbonyl (C=O) groups is 1. The molecular formula is C31H36N4O3S. The fourth-order valence-corrected chi connectivity index (χ4v) is 6.33. The fourth-order valence-electron chi connectivity index (χ4n) is 5.43. The molecule has 0 saturated carbocycles. The molecule has 0 atom stereocenters. The second-order valence-electron chi connectivity index (χ2n) is 10.2. The van der Waals surface area contributed by atoms with E-state index in [0.29, 0.717) is 31.1 Å². The number of hydrogen-bond donors (Lipinski definition) is 4. The standard InChI is InChI=1S/C31H36N4O3S/c36-27-11-10-23(30-29(27)34-31(38)39-30)12-15-32-16-17-33-28(37)14-19-35(18-13-22-6-2-1-3-7-22)26-20-24-8-4-5-9-25(24)21-26/h1-11,26,32,36H,12-21H2,(H,33,37)(H,34,38). The summed E-state index contributed by atoms with van der Waals surface area (Å²) in [5.41, 5.74) is 5.72. The molecule has 0 spiro atoms. The van der Waals surface area contributed by atoms with E-state index in [4.69, 9.17) is 0 Å². The number of fused-ring (bicyclic) bond motifs is 2. The number of H-pyrrole nitrogens is 1. The predicted octanol–water partition coefficient (Wildman–Crippen LogP) is 3.65. The molecule has 0 unspecified atom stereocenters. The van der Waals surface area contributed by atoms with Crippen molar-refractivity contribution < 1.29 is 9.90 Å². The number of phenolic OH excluding ortho intramolecular Hbond substituents is 1. The molecule has 4 N–H and O–H groups in total. The van der Waals surface area contributed by atoms with Gasteiger partial charge in [-0.25, -0.2) is 0 Å². The summed E-state index contributed by atoms with van der Waals surface area (Å²) < 4.78 is 0.803. The monoisotopic (exact) mass is 544 g/mol. The fraction of sp³-hybridized carbons (Fsp3) is 0.355. The van der Waals surface area contributed by atoms with Crippen LogP contribution < -0.4 is 15.5 Å². The minimum atomic E-state index is -0.167. The first-order valence-electron chi connectivity index (χ1n) is 13.7. The maximum atomic E-state index is 12.7. The van der Waals surface area contributed by atoms with Crippen LogP contribution >= 0.6 is 11.3 Å². The largest absolute Gasteiger partial charge is 0.506 e. The van der Waals surface area contributed by atoms with Crippen LogP contribution in [0.3, 0.4) is 0 Å². The first kappa shape index (κ1) is 27.1. The molecule has 1 aliphatic rings. The van der Waals surface area contributed by atoms with Crippen LogP contribution in [0.5, 0.6) is 5.75 Å². The van der Waals surface area contributed by atoms with Crippen LogP contribution in [0.1, 0.15) is 28.7 Å². The highest BCUT2D eigenvalue weighted by molar-refractivity contribution is 7.16. The Morgan fingerprint density at radius 3 is 2.44 bits per heavy atom. The number of nitrogens with one attached hydrogen (secondary N) is 3.